The van der Waals surface area contributed by atoms with E-state index in [1.165, 1.54) is 32.4 Å². The average Bonchev–Trinajstić information content (AvgIpc) is 2.44. The molecule has 21 heavy (non-hydrogen) atoms. The van der Waals surface area contributed by atoms with Crippen LogP contribution in [0, 0.1) is 0 Å². The Kier molecular flexibility index (Phi) is 7.31. The number of methoxy groups -OCH3 is 2. The Morgan fingerprint density at radius 1 is 1.24 bits per heavy atom. The zero-order chi connectivity index (χ0) is 15.4. The fourth-order valence-electron chi connectivity index (χ4n) is 1.34. The highest BCUT2D eigenvalue weighted by Crippen LogP contribution is 2.29. The average molecular weight is 347 g/mol. The van der Waals surface area contributed by atoms with E-state index in [9.17, 15) is 17.2 Å². The number of benzene rings is 1. The molecule has 0 spiro atoms. The number of nitrogens with one attached hydrogen (secondary N) is 1. The third-order valence-corrected chi connectivity index (χ3v) is 3.88. The molecule has 0 aliphatic heterocycles. The summed E-state index contributed by atoms with van der Waals surface area (Å²) in [6.45, 7) is -2.01. The second-order valence-electron chi connectivity index (χ2n) is 3.90. The van der Waals surface area contributed by atoms with E-state index in [0.29, 0.717) is 5.75 Å². The molecule has 122 valence electrons. The Balaban J connectivity index is 0.00000400. The molecule has 1 aromatic carbocycles. The van der Waals surface area contributed by atoms with Gasteiger partial charge in [-0.3, -0.25) is 0 Å². The van der Waals surface area contributed by atoms with Crippen molar-refractivity contribution in [2.75, 3.05) is 27.3 Å². The van der Waals surface area contributed by atoms with Gasteiger partial charge in [0.05, 0.1) is 32.2 Å². The van der Waals surface area contributed by atoms with Crippen molar-refractivity contribution in [1.82, 2.24) is 4.72 Å². The molecule has 0 atom stereocenters. The highest BCUT2D eigenvalue weighted by atomic mass is 35.5. The molecular weight excluding hydrogens is 330 g/mol. The van der Waals surface area contributed by atoms with E-state index in [1.54, 1.807) is 4.72 Å². The quantitative estimate of drug-likeness (QED) is 0.768. The van der Waals surface area contributed by atoms with Gasteiger partial charge in [-0.05, 0) is 12.1 Å². The van der Waals surface area contributed by atoms with Crippen LogP contribution in [0.15, 0.2) is 23.1 Å². The SMILES string of the molecule is COc1ccc(S(=O)(=O)NCC(F)(F)CN)cc1OC.Cl. The molecule has 0 unspecified atom stereocenters. The molecule has 0 heterocycles. The van der Waals surface area contributed by atoms with E-state index in [0.717, 1.165) is 0 Å². The van der Waals surface area contributed by atoms with Gasteiger partial charge in [0.15, 0.2) is 11.5 Å². The van der Waals surface area contributed by atoms with Crippen molar-refractivity contribution in [3.8, 4) is 11.5 Å². The van der Waals surface area contributed by atoms with E-state index in [-0.39, 0.29) is 23.1 Å². The zero-order valence-electron chi connectivity index (χ0n) is 11.4. The Morgan fingerprint density at radius 2 is 1.81 bits per heavy atom. The molecular formula is C11H17ClF2N2O4S. The lowest BCUT2D eigenvalue weighted by Crippen LogP contribution is -2.41. The molecule has 0 fully saturated rings. The van der Waals surface area contributed by atoms with Crippen molar-refractivity contribution in [1.29, 1.82) is 0 Å². The van der Waals surface area contributed by atoms with Crippen LogP contribution >= 0.6 is 12.4 Å². The van der Waals surface area contributed by atoms with Gasteiger partial charge >= 0.3 is 0 Å². The van der Waals surface area contributed by atoms with Crippen LogP contribution in [0.1, 0.15) is 0 Å². The first-order chi connectivity index (χ1) is 9.25. The predicted molar refractivity (Wildman–Crippen MR) is 76.0 cm³/mol. The molecule has 1 aromatic rings. The molecule has 0 aromatic heterocycles. The summed E-state index contributed by atoms with van der Waals surface area (Å²) in [5.74, 6) is -2.79. The molecule has 0 bridgehead atoms. The summed E-state index contributed by atoms with van der Waals surface area (Å²) in [7, 11) is -1.35. The summed E-state index contributed by atoms with van der Waals surface area (Å²) < 4.78 is 61.4. The highest BCUT2D eigenvalue weighted by Gasteiger charge is 2.29. The van der Waals surface area contributed by atoms with Gasteiger partial charge in [-0.2, -0.15) is 0 Å². The minimum atomic E-state index is -4.08. The van der Waals surface area contributed by atoms with E-state index in [2.05, 4.69) is 0 Å². The lowest BCUT2D eigenvalue weighted by Gasteiger charge is -2.15. The van der Waals surface area contributed by atoms with Gasteiger partial charge in [-0.1, -0.05) is 0 Å². The smallest absolute Gasteiger partial charge is 0.273 e. The fraction of sp³-hybridized carbons (Fsp3) is 0.455. The van der Waals surface area contributed by atoms with E-state index < -0.39 is 29.0 Å². The van der Waals surface area contributed by atoms with E-state index in [1.807, 2.05) is 0 Å². The summed E-state index contributed by atoms with van der Waals surface area (Å²) in [6, 6.07) is 3.78. The number of hydrogen-bond acceptors (Lipinski definition) is 5. The van der Waals surface area contributed by atoms with Crippen LogP contribution < -0.4 is 19.9 Å². The number of hydrogen-bond donors (Lipinski definition) is 2. The molecule has 0 saturated heterocycles. The van der Waals surface area contributed by atoms with Gasteiger partial charge < -0.3 is 15.2 Å². The number of halogens is 3. The van der Waals surface area contributed by atoms with Crippen molar-refractivity contribution in [3.63, 3.8) is 0 Å². The van der Waals surface area contributed by atoms with Crippen molar-refractivity contribution >= 4 is 22.4 Å². The van der Waals surface area contributed by atoms with Gasteiger partial charge in [-0.15, -0.1) is 12.4 Å². The zero-order valence-corrected chi connectivity index (χ0v) is 13.1. The van der Waals surface area contributed by atoms with Crippen molar-refractivity contribution in [2.45, 2.75) is 10.8 Å². The number of nitrogens with two attached hydrogens (primary N) is 1. The van der Waals surface area contributed by atoms with Crippen LogP contribution in [0.2, 0.25) is 0 Å². The Hall–Kier alpha value is -1.16. The lowest BCUT2D eigenvalue weighted by molar-refractivity contribution is 0.0170. The van der Waals surface area contributed by atoms with Gasteiger partial charge in [0, 0.05) is 6.07 Å². The van der Waals surface area contributed by atoms with Gasteiger partial charge in [0.2, 0.25) is 10.0 Å². The Bertz CT molecular complexity index is 569. The maximum Gasteiger partial charge on any atom is 0.273 e. The monoisotopic (exact) mass is 346 g/mol. The molecule has 0 aliphatic carbocycles. The third kappa shape index (κ3) is 5.27. The predicted octanol–water partition coefficient (Wildman–Crippen LogP) is 0.998. The molecule has 6 nitrogen and oxygen atoms in total. The van der Waals surface area contributed by atoms with Crippen LogP contribution in [0.5, 0.6) is 11.5 Å². The first kappa shape index (κ1) is 19.8. The summed E-state index contributed by atoms with van der Waals surface area (Å²) in [6.07, 6.45) is 0. The van der Waals surface area contributed by atoms with Crippen molar-refractivity contribution in [3.05, 3.63) is 18.2 Å². The minimum Gasteiger partial charge on any atom is -0.493 e. The van der Waals surface area contributed by atoms with Crippen LogP contribution in [0.25, 0.3) is 0 Å². The number of ether oxygens (including phenoxy) is 2. The van der Waals surface area contributed by atoms with Crippen LogP contribution in [-0.2, 0) is 10.0 Å². The van der Waals surface area contributed by atoms with Gasteiger partial charge in [0.25, 0.3) is 5.92 Å². The summed E-state index contributed by atoms with van der Waals surface area (Å²) in [5.41, 5.74) is 4.84. The first-order valence-electron chi connectivity index (χ1n) is 5.55. The molecule has 0 aliphatic rings. The molecule has 3 N–H and O–H groups in total. The van der Waals surface area contributed by atoms with Crippen LogP contribution in [0.3, 0.4) is 0 Å². The van der Waals surface area contributed by atoms with Crippen LogP contribution in [0.4, 0.5) is 8.78 Å². The fourth-order valence-corrected chi connectivity index (χ4v) is 2.42. The van der Waals surface area contributed by atoms with Gasteiger partial charge in [-0.25, -0.2) is 21.9 Å². The van der Waals surface area contributed by atoms with Crippen molar-refractivity contribution in [2.24, 2.45) is 5.73 Å². The highest BCUT2D eigenvalue weighted by molar-refractivity contribution is 7.89. The second kappa shape index (κ2) is 7.74. The Morgan fingerprint density at radius 3 is 2.29 bits per heavy atom. The second-order valence-corrected chi connectivity index (χ2v) is 5.67. The molecule has 0 radical (unpaired) electrons. The third-order valence-electron chi connectivity index (χ3n) is 2.48. The summed E-state index contributed by atoms with van der Waals surface area (Å²) in [4.78, 5) is -0.206. The first-order valence-corrected chi connectivity index (χ1v) is 7.03. The Labute approximate surface area is 128 Å². The van der Waals surface area contributed by atoms with E-state index in [4.69, 9.17) is 15.2 Å². The minimum absolute atomic E-state index is 0. The largest absolute Gasteiger partial charge is 0.493 e. The van der Waals surface area contributed by atoms with Crippen molar-refractivity contribution < 1.29 is 26.7 Å². The van der Waals surface area contributed by atoms with Crippen LogP contribution in [-0.4, -0.2) is 41.6 Å². The molecule has 0 saturated carbocycles. The summed E-state index contributed by atoms with van der Waals surface area (Å²) in [5, 5.41) is 0. The maximum absolute atomic E-state index is 13.0. The summed E-state index contributed by atoms with van der Waals surface area (Å²) >= 11 is 0. The van der Waals surface area contributed by atoms with Gasteiger partial charge in [0.1, 0.15) is 0 Å². The normalized spacial score (nSPS) is 11.7. The topological polar surface area (TPSA) is 90.7 Å². The molecule has 0 amide bonds. The standard InChI is InChI=1S/C11H16F2N2O4S.ClH/c1-18-9-4-3-8(5-10(9)19-2)20(16,17)15-7-11(12,13)6-14;/h3-5,15H,6-7,14H2,1-2H3;1H. The molecule has 1 rings (SSSR count). The lowest BCUT2D eigenvalue weighted by atomic mass is 10.3. The number of rotatable bonds is 7. The maximum atomic E-state index is 13.0. The molecule has 10 heteroatoms. The number of sulfonamides is 1. The number of alkyl halides is 2. The van der Waals surface area contributed by atoms with E-state index >= 15 is 0 Å².